The van der Waals surface area contributed by atoms with Crippen molar-refractivity contribution in [3.8, 4) is 0 Å². The van der Waals surface area contributed by atoms with Gasteiger partial charge in [0.05, 0.1) is 12.2 Å². The fourth-order valence-electron chi connectivity index (χ4n) is 1.45. The summed E-state index contributed by atoms with van der Waals surface area (Å²) in [5.74, 6) is 0.957. The van der Waals surface area contributed by atoms with E-state index in [-0.39, 0.29) is 0 Å². The summed E-state index contributed by atoms with van der Waals surface area (Å²) in [7, 11) is 0. The summed E-state index contributed by atoms with van der Waals surface area (Å²) in [6.45, 7) is 2.12. The molecule has 0 bridgehead atoms. The average molecular weight is 231 g/mol. The van der Waals surface area contributed by atoms with Crippen molar-refractivity contribution in [2.45, 2.75) is 36.3 Å². The molecule has 2 atom stereocenters. The third-order valence-electron chi connectivity index (χ3n) is 2.13. The van der Waals surface area contributed by atoms with Crippen molar-refractivity contribution in [1.82, 2.24) is 10.2 Å². The summed E-state index contributed by atoms with van der Waals surface area (Å²) in [6.07, 6.45) is 3.12. The number of aromatic nitrogens is 2. The lowest BCUT2D eigenvalue weighted by Crippen LogP contribution is -2.10. The molecule has 0 saturated carbocycles. The van der Waals surface area contributed by atoms with Gasteiger partial charge < -0.3 is 10.5 Å². The third-order valence-corrected chi connectivity index (χ3v) is 4.15. The van der Waals surface area contributed by atoms with E-state index in [1.807, 2.05) is 0 Å². The van der Waals surface area contributed by atoms with Crippen molar-refractivity contribution >= 4 is 28.2 Å². The number of thioether (sulfide) groups is 1. The minimum Gasteiger partial charge on any atom is -0.374 e. The van der Waals surface area contributed by atoms with Crippen LogP contribution in [0.2, 0.25) is 0 Å². The van der Waals surface area contributed by atoms with E-state index in [1.54, 1.807) is 11.8 Å². The van der Waals surface area contributed by atoms with E-state index in [4.69, 9.17) is 10.5 Å². The second-order valence-electron chi connectivity index (χ2n) is 3.36. The van der Waals surface area contributed by atoms with Crippen molar-refractivity contribution in [3.63, 3.8) is 0 Å². The Bertz CT molecular complexity index is 305. The van der Waals surface area contributed by atoms with Gasteiger partial charge in [-0.15, -0.1) is 10.2 Å². The fourth-order valence-corrected chi connectivity index (χ4v) is 3.16. The maximum atomic E-state index is 5.69. The monoisotopic (exact) mass is 231 g/mol. The van der Waals surface area contributed by atoms with Crippen LogP contribution in [0.3, 0.4) is 0 Å². The second-order valence-corrected chi connectivity index (χ2v) is 5.64. The fraction of sp³-hybridized carbons (Fsp3) is 0.750. The molecule has 14 heavy (non-hydrogen) atoms. The lowest BCUT2D eigenvalue weighted by atomic mass is 10.2. The van der Waals surface area contributed by atoms with Gasteiger partial charge >= 0.3 is 0 Å². The zero-order valence-corrected chi connectivity index (χ0v) is 9.61. The van der Waals surface area contributed by atoms with E-state index in [1.165, 1.54) is 17.8 Å². The third kappa shape index (κ3) is 2.59. The van der Waals surface area contributed by atoms with E-state index in [9.17, 15) is 0 Å². The predicted molar refractivity (Wildman–Crippen MR) is 58.6 cm³/mol. The standard InChI is InChI=1S/C8H13N3OS2/c1-5-2-3-6(12-5)4-13-8-11-10-7(9)14-8/h5-6H,2-4H2,1H3,(H2,9,10). The first-order valence-electron chi connectivity index (χ1n) is 4.61. The van der Waals surface area contributed by atoms with Crippen molar-refractivity contribution in [2.24, 2.45) is 0 Å². The van der Waals surface area contributed by atoms with Gasteiger partial charge in [-0.25, -0.2) is 0 Å². The van der Waals surface area contributed by atoms with Crippen molar-refractivity contribution in [1.29, 1.82) is 0 Å². The molecular weight excluding hydrogens is 218 g/mol. The summed E-state index contributed by atoms with van der Waals surface area (Å²) < 4.78 is 6.63. The van der Waals surface area contributed by atoms with Crippen LogP contribution in [0.5, 0.6) is 0 Å². The minimum atomic E-state index is 0.375. The van der Waals surface area contributed by atoms with Crippen LogP contribution in [0, 0.1) is 0 Å². The molecule has 2 unspecified atom stereocenters. The van der Waals surface area contributed by atoms with Gasteiger partial charge in [-0.05, 0) is 19.8 Å². The highest BCUT2D eigenvalue weighted by atomic mass is 32.2. The van der Waals surface area contributed by atoms with E-state index < -0.39 is 0 Å². The van der Waals surface area contributed by atoms with Crippen molar-refractivity contribution in [3.05, 3.63) is 0 Å². The number of anilines is 1. The Balaban J connectivity index is 1.77. The number of nitrogens with two attached hydrogens (primary N) is 1. The summed E-state index contributed by atoms with van der Waals surface area (Å²) in [6, 6.07) is 0. The summed E-state index contributed by atoms with van der Waals surface area (Å²) in [5, 5.41) is 8.24. The molecule has 1 aliphatic rings. The van der Waals surface area contributed by atoms with Crippen LogP contribution < -0.4 is 5.73 Å². The van der Waals surface area contributed by atoms with Gasteiger partial charge in [0.25, 0.3) is 0 Å². The molecule has 1 fully saturated rings. The molecule has 1 saturated heterocycles. The van der Waals surface area contributed by atoms with E-state index in [0.717, 1.165) is 16.5 Å². The molecule has 2 rings (SSSR count). The molecule has 4 nitrogen and oxygen atoms in total. The van der Waals surface area contributed by atoms with Gasteiger partial charge in [-0.3, -0.25) is 0 Å². The molecule has 0 spiro atoms. The zero-order chi connectivity index (χ0) is 9.97. The Morgan fingerprint density at radius 1 is 1.57 bits per heavy atom. The lowest BCUT2D eigenvalue weighted by Gasteiger charge is -2.08. The van der Waals surface area contributed by atoms with Gasteiger partial charge in [0, 0.05) is 5.75 Å². The van der Waals surface area contributed by atoms with Crippen molar-refractivity contribution < 1.29 is 4.74 Å². The van der Waals surface area contributed by atoms with E-state index >= 15 is 0 Å². The van der Waals surface area contributed by atoms with Gasteiger partial charge in [0.1, 0.15) is 0 Å². The molecule has 1 aromatic heterocycles. The molecule has 2 heterocycles. The summed E-state index contributed by atoms with van der Waals surface area (Å²) in [5.41, 5.74) is 5.48. The minimum absolute atomic E-state index is 0.375. The second kappa shape index (κ2) is 4.46. The molecule has 0 aromatic carbocycles. The normalized spacial score (nSPS) is 26.9. The number of hydrogen-bond donors (Lipinski definition) is 1. The quantitative estimate of drug-likeness (QED) is 0.803. The molecule has 0 aliphatic carbocycles. The summed E-state index contributed by atoms with van der Waals surface area (Å²) in [4.78, 5) is 0. The molecule has 1 aliphatic heterocycles. The van der Waals surface area contributed by atoms with Gasteiger partial charge in [0.2, 0.25) is 5.13 Å². The molecule has 0 amide bonds. The van der Waals surface area contributed by atoms with E-state index in [2.05, 4.69) is 17.1 Å². The number of hydrogen-bond acceptors (Lipinski definition) is 6. The van der Waals surface area contributed by atoms with Crippen LogP contribution in [0.1, 0.15) is 19.8 Å². The van der Waals surface area contributed by atoms with Crippen LogP contribution in [0.4, 0.5) is 5.13 Å². The van der Waals surface area contributed by atoms with Crippen LogP contribution in [0.25, 0.3) is 0 Å². The summed E-state index contributed by atoms with van der Waals surface area (Å²) >= 11 is 3.12. The number of rotatable bonds is 3. The predicted octanol–water partition coefficient (Wildman–Crippen LogP) is 1.78. The molecule has 0 radical (unpaired) electrons. The zero-order valence-electron chi connectivity index (χ0n) is 7.97. The van der Waals surface area contributed by atoms with Crippen LogP contribution >= 0.6 is 23.1 Å². The van der Waals surface area contributed by atoms with Crippen LogP contribution in [-0.4, -0.2) is 28.2 Å². The molecule has 2 N–H and O–H groups in total. The largest absolute Gasteiger partial charge is 0.374 e. The first-order chi connectivity index (χ1) is 6.74. The molecule has 78 valence electrons. The maximum absolute atomic E-state index is 5.69. The molecule has 1 aromatic rings. The topological polar surface area (TPSA) is 61.0 Å². The van der Waals surface area contributed by atoms with E-state index in [0.29, 0.717) is 17.3 Å². The number of nitrogens with zero attached hydrogens (tertiary/aromatic N) is 2. The van der Waals surface area contributed by atoms with Gasteiger partial charge in [0.15, 0.2) is 4.34 Å². The Kier molecular flexibility index (Phi) is 3.25. The molecule has 6 heteroatoms. The highest BCUT2D eigenvalue weighted by molar-refractivity contribution is 8.01. The van der Waals surface area contributed by atoms with Gasteiger partial charge in [-0.2, -0.15) is 0 Å². The lowest BCUT2D eigenvalue weighted by molar-refractivity contribution is 0.0700. The van der Waals surface area contributed by atoms with Crippen molar-refractivity contribution in [2.75, 3.05) is 11.5 Å². The smallest absolute Gasteiger partial charge is 0.203 e. The van der Waals surface area contributed by atoms with Gasteiger partial charge in [-0.1, -0.05) is 23.1 Å². The Morgan fingerprint density at radius 3 is 3.00 bits per heavy atom. The first-order valence-corrected chi connectivity index (χ1v) is 6.41. The highest BCUT2D eigenvalue weighted by Gasteiger charge is 2.22. The average Bonchev–Trinajstić information content (AvgIpc) is 2.72. The SMILES string of the molecule is CC1CCC(CSc2nnc(N)s2)O1. The number of nitrogen functional groups attached to an aromatic ring is 1. The Morgan fingerprint density at radius 2 is 2.43 bits per heavy atom. The number of ether oxygens (including phenoxy) is 1. The Labute approximate surface area is 91.2 Å². The molecular formula is C8H13N3OS2. The Hall–Kier alpha value is -0.330. The van der Waals surface area contributed by atoms with Crippen LogP contribution in [-0.2, 0) is 4.74 Å². The highest BCUT2D eigenvalue weighted by Crippen LogP contribution is 2.28. The maximum Gasteiger partial charge on any atom is 0.203 e. The van der Waals surface area contributed by atoms with Crippen LogP contribution in [0.15, 0.2) is 4.34 Å². The first kappa shape index (κ1) is 10.2.